The van der Waals surface area contributed by atoms with Gasteiger partial charge in [0.15, 0.2) is 0 Å². The van der Waals surface area contributed by atoms with Crippen LogP contribution >= 0.6 is 0 Å². The Balaban J connectivity index is 2.17. The first-order valence-electron chi connectivity index (χ1n) is 6.73. The van der Waals surface area contributed by atoms with Gasteiger partial charge in [-0.25, -0.2) is 0 Å². The van der Waals surface area contributed by atoms with Gasteiger partial charge in [-0.3, -0.25) is 0 Å². The molecule has 3 nitrogen and oxygen atoms in total. The van der Waals surface area contributed by atoms with Gasteiger partial charge in [0.05, 0.1) is 6.61 Å². The molecule has 0 saturated heterocycles. The first kappa shape index (κ1) is 13.9. The molecule has 1 fully saturated rings. The highest BCUT2D eigenvalue weighted by Crippen LogP contribution is 2.38. The van der Waals surface area contributed by atoms with E-state index in [1.165, 1.54) is 0 Å². The van der Waals surface area contributed by atoms with Gasteiger partial charge in [-0.1, -0.05) is 24.3 Å². The zero-order valence-corrected chi connectivity index (χ0v) is 11.5. The Morgan fingerprint density at radius 3 is 2.40 bits per heavy atom. The lowest BCUT2D eigenvalue weighted by Gasteiger charge is -2.03. The van der Waals surface area contributed by atoms with Crippen molar-refractivity contribution >= 4 is 6.08 Å². The van der Waals surface area contributed by atoms with Crippen molar-refractivity contribution in [2.75, 3.05) is 6.61 Å². The molecule has 0 bridgehead atoms. The zero-order valence-electron chi connectivity index (χ0n) is 11.5. The Bertz CT molecular complexity index is 592. The van der Waals surface area contributed by atoms with Crippen LogP contribution in [0.5, 0.6) is 5.75 Å². The molecule has 0 unspecified atom stereocenters. The van der Waals surface area contributed by atoms with E-state index >= 15 is 0 Å². The smallest absolute Gasteiger partial charge is 0.133 e. The number of ether oxygens (including phenoxy) is 1. The lowest BCUT2D eigenvalue weighted by Crippen LogP contribution is -1.90. The van der Waals surface area contributed by atoms with Crippen LogP contribution in [0.1, 0.15) is 25.3 Å². The molecule has 0 heterocycles. The largest absolute Gasteiger partial charge is 0.494 e. The summed E-state index contributed by atoms with van der Waals surface area (Å²) in [6.45, 7) is 2.60. The highest BCUT2D eigenvalue weighted by molar-refractivity contribution is 5.58. The maximum absolute atomic E-state index is 8.98. The van der Waals surface area contributed by atoms with E-state index in [1.807, 2.05) is 55.5 Å². The molecule has 100 valence electrons. The predicted octanol–water partition coefficient (Wildman–Crippen LogP) is 3.85. The normalized spacial score (nSPS) is 13.6. The molecule has 0 radical (unpaired) electrons. The van der Waals surface area contributed by atoms with Gasteiger partial charge >= 0.3 is 0 Å². The van der Waals surface area contributed by atoms with Crippen LogP contribution < -0.4 is 4.74 Å². The fourth-order valence-corrected chi connectivity index (χ4v) is 2.00. The van der Waals surface area contributed by atoms with Crippen molar-refractivity contribution in [2.24, 2.45) is 5.92 Å². The number of nitrogens with zero attached hydrogens (tertiary/aromatic N) is 2. The molecule has 1 saturated carbocycles. The van der Waals surface area contributed by atoms with Crippen LogP contribution in [0, 0.1) is 28.6 Å². The Morgan fingerprint density at radius 1 is 1.25 bits per heavy atom. The second-order valence-corrected chi connectivity index (χ2v) is 4.66. The molecule has 0 aliphatic heterocycles. The van der Waals surface area contributed by atoms with E-state index in [0.717, 1.165) is 29.7 Å². The molecule has 0 aromatic heterocycles. The van der Waals surface area contributed by atoms with Crippen molar-refractivity contribution in [3.05, 3.63) is 47.1 Å². The quantitative estimate of drug-likeness (QED) is 0.599. The minimum absolute atomic E-state index is 0.231. The molecule has 1 aromatic rings. The van der Waals surface area contributed by atoms with Gasteiger partial charge in [0.1, 0.15) is 23.5 Å². The number of hydrogen-bond donors (Lipinski definition) is 0. The third-order valence-corrected chi connectivity index (χ3v) is 3.18. The summed E-state index contributed by atoms with van der Waals surface area (Å²) >= 11 is 0. The topological polar surface area (TPSA) is 56.8 Å². The van der Waals surface area contributed by atoms with Crippen molar-refractivity contribution in [1.29, 1.82) is 10.5 Å². The van der Waals surface area contributed by atoms with Crippen molar-refractivity contribution < 1.29 is 4.74 Å². The summed E-state index contributed by atoms with van der Waals surface area (Å²) in [6, 6.07) is 11.7. The molecular weight excluding hydrogens is 248 g/mol. The van der Waals surface area contributed by atoms with Gasteiger partial charge in [0, 0.05) is 0 Å². The van der Waals surface area contributed by atoms with Gasteiger partial charge in [-0.2, -0.15) is 10.5 Å². The minimum atomic E-state index is 0.231. The summed E-state index contributed by atoms with van der Waals surface area (Å²) in [5.74, 6) is 1.22. The molecule has 0 atom stereocenters. The molecule has 1 aromatic carbocycles. The Morgan fingerprint density at radius 2 is 1.90 bits per heavy atom. The highest BCUT2D eigenvalue weighted by atomic mass is 16.5. The van der Waals surface area contributed by atoms with E-state index in [4.69, 9.17) is 15.3 Å². The molecule has 0 spiro atoms. The van der Waals surface area contributed by atoms with E-state index in [1.54, 1.807) is 0 Å². The molecule has 1 aliphatic carbocycles. The average molecular weight is 264 g/mol. The Hall–Kier alpha value is -2.52. The van der Waals surface area contributed by atoms with Gasteiger partial charge < -0.3 is 4.74 Å². The zero-order chi connectivity index (χ0) is 14.4. The van der Waals surface area contributed by atoms with Crippen molar-refractivity contribution in [1.82, 2.24) is 0 Å². The van der Waals surface area contributed by atoms with E-state index < -0.39 is 0 Å². The lowest BCUT2D eigenvalue weighted by atomic mass is 10.0. The van der Waals surface area contributed by atoms with Crippen LogP contribution in [0.25, 0.3) is 6.08 Å². The van der Waals surface area contributed by atoms with Crippen LogP contribution in [0.4, 0.5) is 0 Å². The number of benzene rings is 1. The Kier molecular flexibility index (Phi) is 4.58. The van der Waals surface area contributed by atoms with Crippen LogP contribution in [-0.4, -0.2) is 6.61 Å². The lowest BCUT2D eigenvalue weighted by molar-refractivity contribution is 0.340. The third kappa shape index (κ3) is 3.49. The average Bonchev–Trinajstić information content (AvgIpc) is 3.30. The second-order valence-electron chi connectivity index (χ2n) is 4.66. The summed E-state index contributed by atoms with van der Waals surface area (Å²) in [6.07, 6.45) is 5.97. The summed E-state index contributed by atoms with van der Waals surface area (Å²) in [5, 5.41) is 18.0. The highest BCUT2D eigenvalue weighted by Gasteiger charge is 2.27. The first-order chi connectivity index (χ1) is 9.78. The van der Waals surface area contributed by atoms with Gasteiger partial charge in [0.2, 0.25) is 0 Å². The molecule has 20 heavy (non-hydrogen) atoms. The van der Waals surface area contributed by atoms with E-state index in [-0.39, 0.29) is 5.57 Å². The molecule has 3 heteroatoms. The summed E-state index contributed by atoms with van der Waals surface area (Å²) in [4.78, 5) is 0. The third-order valence-electron chi connectivity index (χ3n) is 3.18. The van der Waals surface area contributed by atoms with Crippen LogP contribution in [-0.2, 0) is 0 Å². The summed E-state index contributed by atoms with van der Waals surface area (Å²) in [7, 11) is 0. The summed E-state index contributed by atoms with van der Waals surface area (Å²) in [5.41, 5.74) is 2.13. The monoisotopic (exact) mass is 264 g/mol. The second kappa shape index (κ2) is 6.59. The molecule has 2 rings (SSSR count). The van der Waals surface area contributed by atoms with E-state index in [9.17, 15) is 0 Å². The van der Waals surface area contributed by atoms with Crippen LogP contribution in [0.15, 0.2) is 41.5 Å². The fraction of sp³-hybridized carbons (Fsp3) is 0.294. The standard InChI is InChI=1S/C17H16N2O/c1-2-20-16-8-3-13(4-9-16)5-10-17(14-6-7-14)15(11-18)12-19/h3-5,8-10,14H,2,6-7H2,1H3. The van der Waals surface area contributed by atoms with Crippen molar-refractivity contribution in [3.8, 4) is 17.9 Å². The van der Waals surface area contributed by atoms with Crippen LogP contribution in [0.2, 0.25) is 0 Å². The number of allylic oxidation sites excluding steroid dienone is 3. The van der Waals surface area contributed by atoms with Gasteiger partial charge in [-0.15, -0.1) is 0 Å². The number of rotatable bonds is 5. The SMILES string of the molecule is CCOc1ccc(C=CC(=C(C#N)C#N)C2CC2)cc1. The van der Waals surface area contributed by atoms with Gasteiger partial charge in [0.25, 0.3) is 0 Å². The Labute approximate surface area is 119 Å². The van der Waals surface area contributed by atoms with E-state index in [0.29, 0.717) is 12.5 Å². The van der Waals surface area contributed by atoms with Gasteiger partial charge in [-0.05, 0) is 49.0 Å². The van der Waals surface area contributed by atoms with Crippen molar-refractivity contribution in [3.63, 3.8) is 0 Å². The molecule has 1 aliphatic rings. The molecular formula is C17H16N2O. The minimum Gasteiger partial charge on any atom is -0.494 e. The number of hydrogen-bond acceptors (Lipinski definition) is 3. The molecule has 0 amide bonds. The fourth-order valence-electron chi connectivity index (χ4n) is 2.00. The van der Waals surface area contributed by atoms with E-state index in [2.05, 4.69) is 0 Å². The first-order valence-corrected chi connectivity index (χ1v) is 6.73. The molecule has 0 N–H and O–H groups in total. The summed E-state index contributed by atoms with van der Waals surface area (Å²) < 4.78 is 5.39. The maximum Gasteiger partial charge on any atom is 0.133 e. The number of nitriles is 2. The van der Waals surface area contributed by atoms with Crippen LogP contribution in [0.3, 0.4) is 0 Å². The maximum atomic E-state index is 8.98. The predicted molar refractivity (Wildman–Crippen MR) is 77.6 cm³/mol. The van der Waals surface area contributed by atoms with Crippen molar-refractivity contribution in [2.45, 2.75) is 19.8 Å².